The van der Waals surface area contributed by atoms with Gasteiger partial charge in [-0.05, 0) is 0 Å². The number of rotatable bonds is 6. The van der Waals surface area contributed by atoms with Crippen LogP contribution in [0.1, 0.15) is 0 Å². The Morgan fingerprint density at radius 1 is 1.58 bits per heavy atom. The first kappa shape index (κ1) is 11.7. The van der Waals surface area contributed by atoms with Gasteiger partial charge in [-0.1, -0.05) is 0 Å². The van der Waals surface area contributed by atoms with Gasteiger partial charge in [0.05, 0.1) is 12.7 Å². The largest absolute Gasteiger partial charge is 0.480 e. The molecule has 0 saturated heterocycles. The van der Waals surface area contributed by atoms with Crippen molar-refractivity contribution in [3.63, 3.8) is 0 Å². The summed E-state index contributed by atoms with van der Waals surface area (Å²) in [5.41, 5.74) is 5.16. The number of aliphatic carboxylic acids is 1. The summed E-state index contributed by atoms with van der Waals surface area (Å²) in [6.07, 6.45) is -0.872. The molecule has 0 saturated carbocycles. The van der Waals surface area contributed by atoms with Crippen LogP contribution in [0.5, 0.6) is 0 Å². The summed E-state index contributed by atoms with van der Waals surface area (Å²) in [5, 5.41) is 25.1. The van der Waals surface area contributed by atoms with E-state index in [1.54, 1.807) is 0 Å². The fourth-order valence-electron chi connectivity index (χ4n) is 0.520. The Hall–Kier alpha value is -0.300. The second-order valence-electron chi connectivity index (χ2n) is 2.23. The lowest BCUT2D eigenvalue weighted by atomic mass is 10.4. The molecular weight excluding hydrogens is 182 g/mol. The van der Waals surface area contributed by atoms with Crippen molar-refractivity contribution >= 4 is 17.7 Å². The van der Waals surface area contributed by atoms with E-state index < -0.39 is 17.3 Å². The highest BCUT2D eigenvalue weighted by molar-refractivity contribution is 8.00. The average molecular weight is 195 g/mol. The van der Waals surface area contributed by atoms with E-state index in [1.165, 1.54) is 0 Å². The van der Waals surface area contributed by atoms with Crippen LogP contribution in [0.2, 0.25) is 0 Å². The van der Waals surface area contributed by atoms with Crippen molar-refractivity contribution in [2.24, 2.45) is 5.73 Å². The number of hydrogen-bond acceptors (Lipinski definition) is 5. The molecule has 0 heterocycles. The van der Waals surface area contributed by atoms with Crippen LogP contribution in [0.25, 0.3) is 0 Å². The molecule has 0 aliphatic rings. The highest BCUT2D eigenvalue weighted by Gasteiger charge is 2.17. The fraction of sp³-hybridized carbons (Fsp3) is 0.833. The summed E-state index contributed by atoms with van der Waals surface area (Å²) in [7, 11) is 0. The van der Waals surface area contributed by atoms with E-state index in [0.717, 1.165) is 11.8 Å². The van der Waals surface area contributed by atoms with Crippen molar-refractivity contribution in [3.05, 3.63) is 0 Å². The lowest BCUT2D eigenvalue weighted by molar-refractivity contribution is -0.136. The van der Waals surface area contributed by atoms with Gasteiger partial charge < -0.3 is 21.1 Å². The number of carboxylic acid groups (broad SMARTS) is 1. The molecule has 0 aromatic heterocycles. The Labute approximate surface area is 74.6 Å². The Bertz CT molecular complexity index is 144. The predicted octanol–water partition coefficient (Wildman–Crippen LogP) is -1.52. The molecule has 0 fully saturated rings. The zero-order chi connectivity index (χ0) is 9.56. The third-order valence-electron chi connectivity index (χ3n) is 1.19. The smallest absolute Gasteiger partial charge is 0.317 e. The summed E-state index contributed by atoms with van der Waals surface area (Å²) >= 11 is 1.03. The van der Waals surface area contributed by atoms with Gasteiger partial charge in [-0.2, -0.15) is 0 Å². The van der Waals surface area contributed by atoms with Gasteiger partial charge in [0.15, 0.2) is 0 Å². The van der Waals surface area contributed by atoms with E-state index >= 15 is 0 Å². The number of thioether (sulfide) groups is 1. The molecule has 0 amide bonds. The van der Waals surface area contributed by atoms with Crippen LogP contribution >= 0.6 is 11.8 Å². The van der Waals surface area contributed by atoms with E-state index in [-0.39, 0.29) is 18.9 Å². The van der Waals surface area contributed by atoms with Crippen LogP contribution in [0.4, 0.5) is 0 Å². The van der Waals surface area contributed by atoms with Crippen LogP contribution in [-0.4, -0.2) is 51.5 Å². The third-order valence-corrected chi connectivity index (χ3v) is 2.56. The van der Waals surface area contributed by atoms with Gasteiger partial charge in [0.25, 0.3) is 0 Å². The molecule has 0 radical (unpaired) electrons. The topological polar surface area (TPSA) is 104 Å². The number of aliphatic hydroxyl groups is 2. The maximum atomic E-state index is 10.4. The van der Waals surface area contributed by atoms with E-state index in [9.17, 15) is 4.79 Å². The van der Waals surface area contributed by atoms with Crippen molar-refractivity contribution in [2.75, 3.05) is 18.9 Å². The summed E-state index contributed by atoms with van der Waals surface area (Å²) in [6.45, 7) is -0.331. The Kier molecular flexibility index (Phi) is 6.09. The van der Waals surface area contributed by atoms with Crippen molar-refractivity contribution in [2.45, 2.75) is 11.4 Å². The van der Waals surface area contributed by atoms with Crippen LogP contribution in [0.3, 0.4) is 0 Å². The molecular formula is C6H13NO4S. The van der Waals surface area contributed by atoms with Gasteiger partial charge in [-0.3, -0.25) is 4.79 Å². The summed E-state index contributed by atoms with van der Waals surface area (Å²) in [6, 6.07) is 0. The molecule has 5 nitrogen and oxygen atoms in total. The fourth-order valence-corrected chi connectivity index (χ4v) is 1.36. The van der Waals surface area contributed by atoms with Gasteiger partial charge in [0.2, 0.25) is 0 Å². The number of hydrogen-bond donors (Lipinski definition) is 4. The number of nitrogens with two attached hydrogens (primary N) is 1. The Morgan fingerprint density at radius 2 is 2.17 bits per heavy atom. The SMILES string of the molecule is NCC(SCC(O)CO)C(=O)O. The maximum Gasteiger partial charge on any atom is 0.317 e. The minimum atomic E-state index is -0.993. The molecule has 0 bridgehead atoms. The first-order chi connectivity index (χ1) is 5.61. The molecule has 6 heteroatoms. The molecule has 0 aliphatic heterocycles. The first-order valence-corrected chi connectivity index (χ1v) is 4.50. The minimum Gasteiger partial charge on any atom is -0.480 e. The predicted molar refractivity (Wildman–Crippen MR) is 46.0 cm³/mol. The van der Waals surface area contributed by atoms with Crippen molar-refractivity contribution in [3.8, 4) is 0 Å². The van der Waals surface area contributed by atoms with Crippen LogP contribution in [0, 0.1) is 0 Å². The van der Waals surface area contributed by atoms with Gasteiger partial charge in [-0.15, -0.1) is 11.8 Å². The maximum absolute atomic E-state index is 10.4. The highest BCUT2D eigenvalue weighted by Crippen LogP contribution is 2.11. The molecule has 0 aromatic carbocycles. The van der Waals surface area contributed by atoms with Crippen LogP contribution in [0.15, 0.2) is 0 Å². The molecule has 2 atom stereocenters. The van der Waals surface area contributed by atoms with Crippen molar-refractivity contribution < 1.29 is 20.1 Å². The van der Waals surface area contributed by atoms with E-state index in [1.807, 2.05) is 0 Å². The molecule has 72 valence electrons. The lowest BCUT2D eigenvalue weighted by Crippen LogP contribution is -2.28. The van der Waals surface area contributed by atoms with E-state index in [0.29, 0.717) is 0 Å². The first-order valence-electron chi connectivity index (χ1n) is 3.45. The summed E-state index contributed by atoms with van der Waals surface area (Å²) in [4.78, 5) is 10.4. The van der Waals surface area contributed by atoms with E-state index in [2.05, 4.69) is 0 Å². The molecule has 0 aromatic rings. The normalized spacial score (nSPS) is 15.6. The number of carbonyl (C=O) groups is 1. The van der Waals surface area contributed by atoms with Gasteiger partial charge in [0, 0.05) is 12.3 Å². The third kappa shape index (κ3) is 4.55. The standard InChI is InChI=1S/C6H13NO4S/c7-1-5(6(10)11)12-3-4(9)2-8/h4-5,8-9H,1-3,7H2,(H,10,11). The zero-order valence-electron chi connectivity index (χ0n) is 6.51. The van der Waals surface area contributed by atoms with Gasteiger partial charge >= 0.3 is 5.97 Å². The quantitative estimate of drug-likeness (QED) is 0.410. The Balaban J connectivity index is 3.65. The van der Waals surface area contributed by atoms with Crippen molar-refractivity contribution in [1.29, 1.82) is 0 Å². The molecule has 5 N–H and O–H groups in total. The van der Waals surface area contributed by atoms with Gasteiger partial charge in [-0.25, -0.2) is 0 Å². The summed E-state index contributed by atoms with van der Waals surface area (Å²) < 4.78 is 0. The monoisotopic (exact) mass is 195 g/mol. The van der Waals surface area contributed by atoms with E-state index in [4.69, 9.17) is 21.1 Å². The Morgan fingerprint density at radius 3 is 2.50 bits per heavy atom. The second-order valence-corrected chi connectivity index (χ2v) is 3.47. The zero-order valence-corrected chi connectivity index (χ0v) is 7.33. The molecule has 2 unspecified atom stereocenters. The molecule has 0 aliphatic carbocycles. The average Bonchev–Trinajstić information content (AvgIpc) is 2.04. The molecule has 0 rings (SSSR count). The molecule has 0 spiro atoms. The number of carboxylic acids is 1. The van der Waals surface area contributed by atoms with Crippen molar-refractivity contribution in [1.82, 2.24) is 0 Å². The summed E-state index contributed by atoms with van der Waals surface area (Å²) in [5.74, 6) is -0.808. The minimum absolute atomic E-state index is 0.0259. The highest BCUT2D eigenvalue weighted by atomic mass is 32.2. The number of aliphatic hydroxyl groups excluding tert-OH is 2. The van der Waals surface area contributed by atoms with Crippen LogP contribution < -0.4 is 5.73 Å². The molecule has 12 heavy (non-hydrogen) atoms. The van der Waals surface area contributed by atoms with Crippen LogP contribution in [-0.2, 0) is 4.79 Å². The van der Waals surface area contributed by atoms with Gasteiger partial charge in [0.1, 0.15) is 5.25 Å². The lowest BCUT2D eigenvalue weighted by Gasteiger charge is -2.11. The second kappa shape index (κ2) is 6.24.